The molecule has 0 bridgehead atoms. The minimum Gasteiger partial charge on any atom is -0.472 e. The zero-order valence-electron chi connectivity index (χ0n) is 10.2. The quantitative estimate of drug-likeness (QED) is 0.456. The highest BCUT2D eigenvalue weighted by Crippen LogP contribution is 2.33. The van der Waals surface area contributed by atoms with Gasteiger partial charge in [-0.3, -0.25) is 4.98 Å². The van der Waals surface area contributed by atoms with Crippen molar-refractivity contribution in [2.24, 2.45) is 0 Å². The van der Waals surface area contributed by atoms with E-state index in [2.05, 4.69) is 41.4 Å². The van der Waals surface area contributed by atoms with Crippen LogP contribution in [0.4, 0.5) is 0 Å². The van der Waals surface area contributed by atoms with Crippen LogP contribution < -0.4 is 0 Å². The fourth-order valence-corrected chi connectivity index (χ4v) is 2.57. The summed E-state index contributed by atoms with van der Waals surface area (Å²) in [5, 5.41) is 3.53. The van der Waals surface area contributed by atoms with Gasteiger partial charge in [0.1, 0.15) is 0 Å². The minimum atomic E-state index is 1.05. The first-order chi connectivity index (χ1) is 9.43. The standard InChI is InChI=1S/C17H11NO/c1-2-6-15-14(5-1)16(13-7-9-19-11-13)10-12-4-3-8-18-17(12)15/h1-11H. The van der Waals surface area contributed by atoms with Gasteiger partial charge in [-0.1, -0.05) is 30.3 Å². The predicted molar refractivity (Wildman–Crippen MR) is 77.0 cm³/mol. The summed E-state index contributed by atoms with van der Waals surface area (Å²) in [6, 6.07) is 16.6. The summed E-state index contributed by atoms with van der Waals surface area (Å²) < 4.78 is 5.21. The predicted octanol–water partition coefficient (Wildman–Crippen LogP) is 4.65. The van der Waals surface area contributed by atoms with Gasteiger partial charge in [-0.2, -0.15) is 0 Å². The first-order valence-electron chi connectivity index (χ1n) is 6.22. The van der Waals surface area contributed by atoms with Crippen LogP contribution in [-0.2, 0) is 0 Å². The van der Waals surface area contributed by atoms with Crippen LogP contribution in [0.1, 0.15) is 0 Å². The van der Waals surface area contributed by atoms with E-state index in [1.54, 1.807) is 12.5 Å². The van der Waals surface area contributed by atoms with Crippen molar-refractivity contribution in [3.05, 3.63) is 67.3 Å². The molecule has 0 aliphatic rings. The Hall–Kier alpha value is -2.61. The normalized spacial score (nSPS) is 11.2. The second kappa shape index (κ2) is 3.95. The molecule has 0 aliphatic heterocycles. The Morgan fingerprint density at radius 2 is 1.79 bits per heavy atom. The molecule has 4 aromatic rings. The fourth-order valence-electron chi connectivity index (χ4n) is 2.57. The van der Waals surface area contributed by atoms with E-state index in [4.69, 9.17) is 4.42 Å². The Morgan fingerprint density at radius 1 is 0.895 bits per heavy atom. The molecule has 0 saturated heterocycles. The number of furan rings is 1. The first-order valence-corrected chi connectivity index (χ1v) is 6.22. The molecule has 0 saturated carbocycles. The Morgan fingerprint density at radius 3 is 2.63 bits per heavy atom. The summed E-state index contributed by atoms with van der Waals surface area (Å²) in [7, 11) is 0. The van der Waals surface area contributed by atoms with Crippen molar-refractivity contribution in [3.63, 3.8) is 0 Å². The molecule has 0 N–H and O–H groups in total. The van der Waals surface area contributed by atoms with Crippen LogP contribution in [0.2, 0.25) is 0 Å². The molecule has 0 spiro atoms. The molecule has 2 aromatic heterocycles. The molecular weight excluding hydrogens is 234 g/mol. The Balaban J connectivity index is 2.22. The number of nitrogens with zero attached hydrogens (tertiary/aromatic N) is 1. The Kier molecular flexibility index (Phi) is 2.15. The van der Waals surface area contributed by atoms with Crippen molar-refractivity contribution in [2.75, 3.05) is 0 Å². The van der Waals surface area contributed by atoms with Gasteiger partial charge in [-0.05, 0) is 29.1 Å². The molecule has 2 aromatic carbocycles. The molecule has 4 rings (SSSR count). The lowest BCUT2D eigenvalue weighted by Crippen LogP contribution is -1.85. The molecule has 2 heteroatoms. The Labute approximate surface area is 110 Å². The van der Waals surface area contributed by atoms with Crippen molar-refractivity contribution >= 4 is 21.7 Å². The second-order valence-corrected chi connectivity index (χ2v) is 4.56. The number of fused-ring (bicyclic) bond motifs is 3. The van der Waals surface area contributed by atoms with E-state index < -0.39 is 0 Å². The van der Waals surface area contributed by atoms with E-state index >= 15 is 0 Å². The van der Waals surface area contributed by atoms with Gasteiger partial charge in [0.25, 0.3) is 0 Å². The number of aromatic nitrogens is 1. The number of hydrogen-bond donors (Lipinski definition) is 0. The van der Waals surface area contributed by atoms with Gasteiger partial charge in [0.05, 0.1) is 18.0 Å². The maximum Gasteiger partial charge on any atom is 0.0981 e. The monoisotopic (exact) mass is 245 g/mol. The van der Waals surface area contributed by atoms with E-state index in [-0.39, 0.29) is 0 Å². The molecule has 90 valence electrons. The fraction of sp³-hybridized carbons (Fsp3) is 0. The molecule has 0 atom stereocenters. The topological polar surface area (TPSA) is 26.0 Å². The number of benzene rings is 2. The molecule has 2 nitrogen and oxygen atoms in total. The lowest BCUT2D eigenvalue weighted by Gasteiger charge is -2.08. The maximum absolute atomic E-state index is 5.21. The lowest BCUT2D eigenvalue weighted by molar-refractivity contribution is 0.568. The molecule has 0 unspecified atom stereocenters. The molecule has 0 radical (unpaired) electrons. The van der Waals surface area contributed by atoms with E-state index in [1.807, 2.05) is 18.3 Å². The Bertz CT molecular complexity index is 863. The van der Waals surface area contributed by atoms with Crippen molar-refractivity contribution in [3.8, 4) is 11.1 Å². The molecule has 19 heavy (non-hydrogen) atoms. The molecule has 2 heterocycles. The van der Waals surface area contributed by atoms with Gasteiger partial charge in [0, 0.05) is 22.5 Å². The van der Waals surface area contributed by atoms with Gasteiger partial charge < -0.3 is 4.42 Å². The van der Waals surface area contributed by atoms with Crippen LogP contribution in [0.25, 0.3) is 32.8 Å². The average molecular weight is 245 g/mol. The van der Waals surface area contributed by atoms with Gasteiger partial charge >= 0.3 is 0 Å². The molecule has 0 amide bonds. The van der Waals surface area contributed by atoms with Gasteiger partial charge in [-0.15, -0.1) is 0 Å². The van der Waals surface area contributed by atoms with Crippen LogP contribution >= 0.6 is 0 Å². The number of hydrogen-bond acceptors (Lipinski definition) is 2. The molecule has 0 aliphatic carbocycles. The highest BCUT2D eigenvalue weighted by molar-refractivity contribution is 6.11. The third-order valence-electron chi connectivity index (χ3n) is 3.44. The summed E-state index contributed by atoms with van der Waals surface area (Å²) in [6.45, 7) is 0. The smallest absolute Gasteiger partial charge is 0.0981 e. The van der Waals surface area contributed by atoms with E-state index in [1.165, 1.54) is 16.3 Å². The van der Waals surface area contributed by atoms with Gasteiger partial charge in [0.15, 0.2) is 0 Å². The van der Waals surface area contributed by atoms with Crippen molar-refractivity contribution in [1.29, 1.82) is 0 Å². The zero-order valence-corrected chi connectivity index (χ0v) is 10.2. The number of rotatable bonds is 1. The highest BCUT2D eigenvalue weighted by atomic mass is 16.3. The van der Waals surface area contributed by atoms with Crippen molar-refractivity contribution in [1.82, 2.24) is 4.98 Å². The zero-order chi connectivity index (χ0) is 12.7. The van der Waals surface area contributed by atoms with E-state index in [0.29, 0.717) is 0 Å². The third kappa shape index (κ3) is 1.54. The van der Waals surface area contributed by atoms with E-state index in [0.717, 1.165) is 16.5 Å². The third-order valence-corrected chi connectivity index (χ3v) is 3.44. The van der Waals surface area contributed by atoms with E-state index in [9.17, 15) is 0 Å². The van der Waals surface area contributed by atoms with Gasteiger partial charge in [0.2, 0.25) is 0 Å². The van der Waals surface area contributed by atoms with Crippen LogP contribution in [-0.4, -0.2) is 4.98 Å². The SMILES string of the molecule is c1cnc2c(c1)cc(-c1ccoc1)c1ccccc12. The largest absolute Gasteiger partial charge is 0.472 e. The summed E-state index contributed by atoms with van der Waals surface area (Å²) >= 11 is 0. The summed E-state index contributed by atoms with van der Waals surface area (Å²) in [5.74, 6) is 0. The number of pyridine rings is 1. The molecule has 0 fully saturated rings. The molecular formula is C17H11NO. The van der Waals surface area contributed by atoms with Crippen LogP contribution in [0.3, 0.4) is 0 Å². The van der Waals surface area contributed by atoms with Gasteiger partial charge in [-0.25, -0.2) is 0 Å². The van der Waals surface area contributed by atoms with Crippen LogP contribution in [0.5, 0.6) is 0 Å². The average Bonchev–Trinajstić information content (AvgIpc) is 3.00. The minimum absolute atomic E-state index is 1.05. The summed E-state index contributed by atoms with van der Waals surface area (Å²) in [6.07, 6.45) is 5.33. The first kappa shape index (κ1) is 10.3. The second-order valence-electron chi connectivity index (χ2n) is 4.56. The van der Waals surface area contributed by atoms with Crippen LogP contribution in [0.15, 0.2) is 71.7 Å². The lowest BCUT2D eigenvalue weighted by atomic mass is 9.97. The summed E-state index contributed by atoms with van der Waals surface area (Å²) in [5.41, 5.74) is 3.33. The maximum atomic E-state index is 5.21. The highest BCUT2D eigenvalue weighted by Gasteiger charge is 2.09. The van der Waals surface area contributed by atoms with Crippen LogP contribution in [0, 0.1) is 0 Å². The summed E-state index contributed by atoms with van der Waals surface area (Å²) in [4.78, 5) is 4.51. The van der Waals surface area contributed by atoms with Crippen molar-refractivity contribution in [2.45, 2.75) is 0 Å². The van der Waals surface area contributed by atoms with Crippen molar-refractivity contribution < 1.29 is 4.42 Å².